The Morgan fingerprint density at radius 2 is 0.885 bits per heavy atom. The normalized spacial score (nSPS) is 19.6. The summed E-state index contributed by atoms with van der Waals surface area (Å²) in [6, 6.07) is 7.96. The molecule has 2 N–H and O–H groups in total. The molecular weight excluding hydrogens is 817 g/mol. The molecule has 1 fully saturated rings. The van der Waals surface area contributed by atoms with Gasteiger partial charge in [0.15, 0.2) is 0 Å². The second-order valence-electron chi connectivity index (χ2n) is 12.0. The molecule has 20 heteroatoms. The van der Waals surface area contributed by atoms with Crippen LogP contribution in [0.5, 0.6) is 11.5 Å². The molecule has 16 nitrogen and oxygen atoms in total. The molecule has 1 saturated heterocycles. The molecule has 2 aromatic carbocycles. The molecule has 298 valence electrons. The minimum atomic E-state index is -4.94. The first-order chi connectivity index (χ1) is 23.5. The molecular formula is C32H46Cl2N6Ni2O10. The predicted octanol–water partition coefficient (Wildman–Crippen LogP) is -7.16. The average Bonchev–Trinajstić information content (AvgIpc) is 2.99. The fourth-order valence-electron chi connectivity index (χ4n) is 5.52. The van der Waals surface area contributed by atoms with E-state index >= 15 is 0 Å². The number of aliphatic imine (C=N–C) groups is 2. The summed E-state index contributed by atoms with van der Waals surface area (Å²) < 4.78 is 67.9. The first-order valence-electron chi connectivity index (χ1n) is 16.2. The van der Waals surface area contributed by atoms with Crippen LogP contribution in [0.15, 0.2) is 34.3 Å². The van der Waals surface area contributed by atoms with Gasteiger partial charge < -0.3 is 20.8 Å². The summed E-state index contributed by atoms with van der Waals surface area (Å²) in [7, 11) is -9.89. The van der Waals surface area contributed by atoms with Crippen LogP contribution in [0.4, 0.5) is 0 Å². The minimum Gasteiger partial charge on any atom is -0.872 e. The maximum absolute atomic E-state index is 13.3. The van der Waals surface area contributed by atoms with Gasteiger partial charge in [-0.05, 0) is 88.0 Å². The summed E-state index contributed by atoms with van der Waals surface area (Å²) in [5.41, 5.74) is 5.24. The van der Waals surface area contributed by atoms with E-state index in [1.165, 1.54) is 0 Å². The first-order valence-corrected chi connectivity index (χ1v) is 18.7. The van der Waals surface area contributed by atoms with Crippen molar-refractivity contribution >= 4 is 12.4 Å². The Balaban J connectivity index is 0.00000191. The zero-order chi connectivity index (χ0) is 37.2. The van der Waals surface area contributed by atoms with Crippen molar-refractivity contribution in [3.8, 4) is 11.5 Å². The fraction of sp³-hybridized carbons (Fsp3) is 0.562. The molecule has 0 radical (unpaired) electrons. The van der Waals surface area contributed by atoms with Gasteiger partial charge in [-0.2, -0.15) is 0 Å². The van der Waals surface area contributed by atoms with E-state index in [0.717, 1.165) is 100 Å². The van der Waals surface area contributed by atoms with E-state index in [1.54, 1.807) is 12.4 Å². The Bertz CT molecular complexity index is 1240. The molecule has 6 bridgehead atoms. The number of nitrogens with zero attached hydrogens (tertiary/aromatic N) is 4. The quantitative estimate of drug-likeness (QED) is 0.233. The number of aryl methyl sites for hydroxylation is 2. The molecule has 5 rings (SSSR count). The van der Waals surface area contributed by atoms with Crippen LogP contribution >= 0.6 is 0 Å². The Kier molecular flexibility index (Phi) is 25.5. The number of nitrogens with one attached hydrogen (secondary N) is 2. The van der Waals surface area contributed by atoms with Gasteiger partial charge in [-0.3, -0.25) is 19.8 Å². The molecule has 3 aliphatic heterocycles. The monoisotopic (exact) mass is 860 g/mol. The van der Waals surface area contributed by atoms with Gasteiger partial charge >= 0.3 is 33.0 Å². The van der Waals surface area contributed by atoms with Crippen molar-refractivity contribution in [1.82, 2.24) is 20.4 Å². The topological polar surface area (TPSA) is 286 Å². The summed E-state index contributed by atoms with van der Waals surface area (Å²) in [6.07, 6.45) is 7.28. The first kappa shape index (κ1) is 50.5. The van der Waals surface area contributed by atoms with E-state index in [-0.39, 0.29) is 44.5 Å². The van der Waals surface area contributed by atoms with Crippen molar-refractivity contribution in [2.75, 3.05) is 65.4 Å². The molecule has 0 saturated carbocycles. The fourth-order valence-corrected chi connectivity index (χ4v) is 5.52. The van der Waals surface area contributed by atoms with Gasteiger partial charge in [0, 0.05) is 64.8 Å². The van der Waals surface area contributed by atoms with Crippen LogP contribution in [0.2, 0.25) is 0 Å². The van der Waals surface area contributed by atoms with Crippen molar-refractivity contribution in [3.05, 3.63) is 57.6 Å². The second kappa shape index (κ2) is 26.3. The molecule has 0 amide bonds. The van der Waals surface area contributed by atoms with Crippen LogP contribution in [0.1, 0.15) is 59.1 Å². The van der Waals surface area contributed by atoms with Crippen molar-refractivity contribution in [1.29, 1.82) is 0 Å². The summed E-state index contributed by atoms with van der Waals surface area (Å²) in [6.45, 7) is 14.0. The zero-order valence-corrected chi connectivity index (χ0v) is 32.5. The van der Waals surface area contributed by atoms with Crippen molar-refractivity contribution in [2.24, 2.45) is 9.98 Å². The summed E-state index contributed by atoms with van der Waals surface area (Å²) in [5.74, 6) is 0.176. The zero-order valence-electron chi connectivity index (χ0n) is 29.0. The van der Waals surface area contributed by atoms with Crippen molar-refractivity contribution < 1.29 is 101 Å². The Morgan fingerprint density at radius 1 is 0.538 bits per heavy atom. The molecule has 2 aromatic rings. The second-order valence-corrected chi connectivity index (χ2v) is 13.5. The molecule has 2 atom stereocenters. The summed E-state index contributed by atoms with van der Waals surface area (Å²) in [4.78, 5) is 13.9. The van der Waals surface area contributed by atoms with Gasteiger partial charge in [0.05, 0.1) is 0 Å². The van der Waals surface area contributed by atoms with E-state index in [1.807, 2.05) is 24.3 Å². The van der Waals surface area contributed by atoms with Crippen LogP contribution in [0.25, 0.3) is 0 Å². The van der Waals surface area contributed by atoms with Crippen LogP contribution in [-0.4, -0.2) is 87.7 Å². The maximum Gasteiger partial charge on any atom is 2.00 e. The number of hydrogen-bond donors (Lipinski definition) is 2. The van der Waals surface area contributed by atoms with Crippen LogP contribution in [-0.2, 0) is 46.1 Å². The van der Waals surface area contributed by atoms with E-state index < -0.39 is 20.5 Å². The van der Waals surface area contributed by atoms with Crippen molar-refractivity contribution in [3.63, 3.8) is 0 Å². The third-order valence-corrected chi connectivity index (χ3v) is 7.62. The van der Waals surface area contributed by atoms with Crippen LogP contribution in [0.3, 0.4) is 0 Å². The summed E-state index contributed by atoms with van der Waals surface area (Å²) >= 11 is 0. The van der Waals surface area contributed by atoms with Gasteiger partial charge in [0.25, 0.3) is 0 Å². The molecule has 52 heavy (non-hydrogen) atoms. The molecule has 0 aromatic heterocycles. The number of rotatable bonds is 0. The predicted molar refractivity (Wildman–Crippen MR) is 161 cm³/mol. The van der Waals surface area contributed by atoms with E-state index in [4.69, 9.17) is 37.3 Å². The van der Waals surface area contributed by atoms with Crippen LogP contribution in [0, 0.1) is 34.3 Å². The minimum absolute atomic E-state index is 0. The van der Waals surface area contributed by atoms with Gasteiger partial charge in [0.1, 0.15) is 0 Å². The third kappa shape index (κ3) is 24.0. The number of fused-ring (bicyclic) bond motifs is 15. The molecule has 2 unspecified atom stereocenters. The molecule has 3 aliphatic rings. The number of benzene rings is 2. The Hall–Kier alpha value is -1.53. The smallest absolute Gasteiger partial charge is 0.872 e. The van der Waals surface area contributed by atoms with E-state index in [2.05, 4.69) is 44.3 Å². The SMILES string of the molecule is Cc1cc2c([O-])c(c1)CN1CCCNCCN(CCCNCC1)Cc1cc(C)cc(c1[O-])C=NCCCCN=C2.[Ni+2].[Ni+2].[O-][Cl+3]([O-])([O-])[O-].[O-][Cl+3]([O-])([O-])[O-]. The summed E-state index contributed by atoms with van der Waals surface area (Å²) in [5, 5.41) is 33.8. The van der Waals surface area contributed by atoms with Gasteiger partial charge in [0.2, 0.25) is 0 Å². The third-order valence-electron chi connectivity index (χ3n) is 7.62. The average molecular weight is 863 g/mol. The number of hydrogen-bond acceptors (Lipinski definition) is 16. The molecule has 0 aliphatic carbocycles. The van der Waals surface area contributed by atoms with Crippen LogP contribution < -0.4 is 58.1 Å². The largest absolute Gasteiger partial charge is 2.00 e. The Morgan fingerprint density at radius 3 is 1.23 bits per heavy atom. The van der Waals surface area contributed by atoms with E-state index in [9.17, 15) is 10.2 Å². The van der Waals surface area contributed by atoms with Gasteiger partial charge in [-0.15, -0.1) is 20.5 Å². The number of halogens is 2. The van der Waals surface area contributed by atoms with Crippen molar-refractivity contribution in [2.45, 2.75) is 52.6 Å². The maximum atomic E-state index is 13.3. The molecule has 3 heterocycles. The standard InChI is InChI=1S/C32H48N6O2.2ClHO4.2Ni/c1-25-17-27-21-35-7-3-4-8-36-22-28-18-26(2)20-30(32(28)40)24-38-14-6-10-33-11-15-37(13-5-9-34-12-16-38)23-29(19-25)31(27)39;2*2-1(3,4)5;;/h17-22,33-34,39-40H,3-16,23-24H2,1-2H3;2*(H,2,3,4,5);;/q;;;2*+2/p-4. The van der Waals surface area contributed by atoms with Gasteiger partial charge in [-0.1, -0.05) is 46.9 Å². The Labute approximate surface area is 329 Å². The van der Waals surface area contributed by atoms with E-state index in [0.29, 0.717) is 37.3 Å². The molecule has 0 spiro atoms. The van der Waals surface area contributed by atoms with Gasteiger partial charge in [-0.25, -0.2) is 37.3 Å².